The molecular formula is C13H13F3N2O3. The minimum absolute atomic E-state index is 0.128. The highest BCUT2D eigenvalue weighted by atomic mass is 19.4. The summed E-state index contributed by atoms with van der Waals surface area (Å²) >= 11 is 0. The van der Waals surface area contributed by atoms with Crippen LogP contribution in [-0.2, 0) is 16.8 Å². The topological polar surface area (TPSA) is 63.5 Å². The van der Waals surface area contributed by atoms with Crippen LogP contribution in [0.2, 0.25) is 0 Å². The monoisotopic (exact) mass is 302 g/mol. The normalized spacial score (nSPS) is 17.3. The molecular weight excluding hydrogens is 289 g/mol. The fourth-order valence-electron chi connectivity index (χ4n) is 2.79. The van der Waals surface area contributed by atoms with Crippen LogP contribution in [0.5, 0.6) is 0 Å². The summed E-state index contributed by atoms with van der Waals surface area (Å²) in [6.45, 7) is 2.69. The Kier molecular flexibility index (Phi) is 3.43. The number of alkyl halides is 3. The first kappa shape index (κ1) is 15.3. The van der Waals surface area contributed by atoms with Crippen LogP contribution in [0.4, 0.5) is 18.9 Å². The van der Waals surface area contributed by atoms with Crippen molar-refractivity contribution in [3.63, 3.8) is 0 Å². The van der Waals surface area contributed by atoms with E-state index >= 15 is 0 Å². The number of halogens is 3. The molecule has 0 spiro atoms. The van der Waals surface area contributed by atoms with E-state index in [4.69, 9.17) is 0 Å². The molecule has 0 unspecified atom stereocenters. The predicted octanol–water partition coefficient (Wildman–Crippen LogP) is 2.78. The Hall–Kier alpha value is -2.12. The van der Waals surface area contributed by atoms with Crippen LogP contribution in [0.3, 0.4) is 0 Å². The van der Waals surface area contributed by atoms with Gasteiger partial charge in [-0.15, -0.1) is 0 Å². The van der Waals surface area contributed by atoms with Crippen LogP contribution in [-0.4, -0.2) is 28.5 Å². The summed E-state index contributed by atoms with van der Waals surface area (Å²) in [4.78, 5) is 22.6. The lowest BCUT2D eigenvalue weighted by Gasteiger charge is -2.39. The fourth-order valence-corrected chi connectivity index (χ4v) is 2.79. The number of rotatable bonds is 1. The van der Waals surface area contributed by atoms with Crippen LogP contribution in [0.1, 0.15) is 25.0 Å². The average molecular weight is 302 g/mol. The van der Waals surface area contributed by atoms with Crippen LogP contribution < -0.4 is 0 Å². The summed E-state index contributed by atoms with van der Waals surface area (Å²) in [6.07, 6.45) is -4.95. The van der Waals surface area contributed by atoms with Gasteiger partial charge in [0.05, 0.1) is 4.92 Å². The van der Waals surface area contributed by atoms with Crippen molar-refractivity contribution in [3.05, 3.63) is 39.4 Å². The Labute approximate surface area is 118 Å². The van der Waals surface area contributed by atoms with E-state index < -0.39 is 22.4 Å². The van der Waals surface area contributed by atoms with Gasteiger partial charge in [0, 0.05) is 30.1 Å². The highest BCUT2D eigenvalue weighted by molar-refractivity contribution is 5.82. The molecule has 21 heavy (non-hydrogen) atoms. The first-order valence-corrected chi connectivity index (χ1v) is 6.17. The van der Waals surface area contributed by atoms with Gasteiger partial charge in [0.1, 0.15) is 0 Å². The zero-order chi connectivity index (χ0) is 16.0. The van der Waals surface area contributed by atoms with Crippen molar-refractivity contribution in [2.75, 3.05) is 6.54 Å². The minimum atomic E-state index is -4.95. The van der Waals surface area contributed by atoms with E-state index in [-0.39, 0.29) is 18.8 Å². The third-order valence-electron chi connectivity index (χ3n) is 3.48. The van der Waals surface area contributed by atoms with Crippen molar-refractivity contribution in [1.29, 1.82) is 0 Å². The van der Waals surface area contributed by atoms with Gasteiger partial charge in [0.15, 0.2) is 0 Å². The molecule has 0 saturated heterocycles. The van der Waals surface area contributed by atoms with E-state index in [2.05, 4.69) is 0 Å². The van der Waals surface area contributed by atoms with Gasteiger partial charge >= 0.3 is 12.1 Å². The molecule has 1 aromatic rings. The molecule has 0 aliphatic carbocycles. The lowest BCUT2D eigenvalue weighted by Crippen LogP contribution is -2.49. The van der Waals surface area contributed by atoms with Crippen molar-refractivity contribution >= 4 is 11.6 Å². The van der Waals surface area contributed by atoms with Gasteiger partial charge < -0.3 is 4.90 Å². The van der Waals surface area contributed by atoms with E-state index in [1.807, 2.05) is 0 Å². The molecule has 0 bridgehead atoms. The van der Waals surface area contributed by atoms with Gasteiger partial charge in [0.2, 0.25) is 0 Å². The van der Waals surface area contributed by atoms with E-state index in [1.165, 1.54) is 18.2 Å². The molecule has 0 radical (unpaired) electrons. The Balaban J connectivity index is 2.49. The number of hydrogen-bond donors (Lipinski definition) is 0. The van der Waals surface area contributed by atoms with E-state index in [1.54, 1.807) is 13.8 Å². The number of carbonyl (C=O) groups is 1. The number of carbonyl (C=O) groups excluding carboxylic acids is 1. The number of hydrogen-bond acceptors (Lipinski definition) is 3. The predicted molar refractivity (Wildman–Crippen MR) is 67.6 cm³/mol. The molecule has 0 aromatic heterocycles. The van der Waals surface area contributed by atoms with Crippen LogP contribution in [0.25, 0.3) is 0 Å². The number of nitro groups is 1. The third kappa shape index (κ3) is 2.70. The fraction of sp³-hybridized carbons (Fsp3) is 0.462. The van der Waals surface area contributed by atoms with Crippen molar-refractivity contribution in [3.8, 4) is 0 Å². The van der Waals surface area contributed by atoms with Gasteiger partial charge in [-0.05, 0) is 5.56 Å². The van der Waals surface area contributed by atoms with Crippen molar-refractivity contribution in [1.82, 2.24) is 4.90 Å². The summed E-state index contributed by atoms with van der Waals surface area (Å²) < 4.78 is 37.7. The first-order valence-electron chi connectivity index (χ1n) is 6.17. The lowest BCUT2D eigenvalue weighted by molar-refractivity contribution is -0.386. The zero-order valence-electron chi connectivity index (χ0n) is 11.4. The number of amides is 1. The molecule has 1 aliphatic heterocycles. The van der Waals surface area contributed by atoms with Gasteiger partial charge in [-0.1, -0.05) is 26.0 Å². The molecule has 0 saturated carbocycles. The SMILES string of the molecule is CC1(C)CN(C(=O)C(F)(F)F)Cc2cccc([N+](=O)[O-])c21. The summed E-state index contributed by atoms with van der Waals surface area (Å²) in [7, 11) is 0. The Morgan fingerprint density at radius 1 is 1.38 bits per heavy atom. The Morgan fingerprint density at radius 2 is 2.00 bits per heavy atom. The summed E-state index contributed by atoms with van der Waals surface area (Å²) in [5.74, 6) is -1.92. The second-order valence-electron chi connectivity index (χ2n) is 5.61. The molecule has 0 N–H and O–H groups in total. The van der Waals surface area contributed by atoms with Crippen LogP contribution in [0.15, 0.2) is 18.2 Å². The largest absolute Gasteiger partial charge is 0.471 e. The number of nitrogens with zero attached hydrogens (tertiary/aromatic N) is 2. The van der Waals surface area contributed by atoms with Crippen molar-refractivity contribution in [2.24, 2.45) is 0 Å². The molecule has 1 heterocycles. The van der Waals surface area contributed by atoms with Gasteiger partial charge in [-0.2, -0.15) is 13.2 Å². The molecule has 1 amide bonds. The smallest absolute Gasteiger partial charge is 0.330 e. The second kappa shape index (κ2) is 4.71. The molecule has 5 nitrogen and oxygen atoms in total. The van der Waals surface area contributed by atoms with Gasteiger partial charge in [-0.3, -0.25) is 14.9 Å². The Bertz CT molecular complexity index is 611. The number of benzene rings is 1. The van der Waals surface area contributed by atoms with Crippen molar-refractivity contribution in [2.45, 2.75) is 32.0 Å². The maximum absolute atomic E-state index is 12.6. The molecule has 0 fully saturated rings. The molecule has 8 heteroatoms. The third-order valence-corrected chi connectivity index (χ3v) is 3.48. The van der Waals surface area contributed by atoms with Crippen LogP contribution in [0, 0.1) is 10.1 Å². The summed E-state index contributed by atoms with van der Waals surface area (Å²) in [5, 5.41) is 11.1. The van der Waals surface area contributed by atoms with Crippen molar-refractivity contribution < 1.29 is 22.9 Å². The zero-order valence-corrected chi connectivity index (χ0v) is 11.4. The Morgan fingerprint density at radius 3 is 2.52 bits per heavy atom. The first-order chi connectivity index (χ1) is 9.54. The minimum Gasteiger partial charge on any atom is -0.330 e. The molecule has 0 atom stereocenters. The lowest BCUT2D eigenvalue weighted by atomic mass is 9.77. The van der Waals surface area contributed by atoms with E-state index in [0.717, 1.165) is 0 Å². The number of nitro benzene ring substituents is 1. The quantitative estimate of drug-likeness (QED) is 0.592. The van der Waals surface area contributed by atoms with Gasteiger partial charge in [-0.25, -0.2) is 0 Å². The molecule has 114 valence electrons. The summed E-state index contributed by atoms with van der Waals surface area (Å²) in [5.41, 5.74) is -0.297. The van der Waals surface area contributed by atoms with Crippen LogP contribution >= 0.6 is 0 Å². The highest BCUT2D eigenvalue weighted by Crippen LogP contribution is 2.40. The summed E-state index contributed by atoms with van der Waals surface area (Å²) in [6, 6.07) is 4.25. The maximum atomic E-state index is 12.6. The average Bonchev–Trinajstić information content (AvgIpc) is 2.34. The maximum Gasteiger partial charge on any atom is 0.471 e. The standard InChI is InChI=1S/C13H13F3N2O3/c1-12(2)7-17(11(19)13(14,15)16)6-8-4-3-5-9(10(8)12)18(20)21/h3-5H,6-7H2,1-2H3. The second-order valence-corrected chi connectivity index (χ2v) is 5.61. The van der Waals surface area contributed by atoms with Gasteiger partial charge in [0.25, 0.3) is 5.69 Å². The highest BCUT2D eigenvalue weighted by Gasteiger charge is 2.47. The van der Waals surface area contributed by atoms with E-state index in [0.29, 0.717) is 16.0 Å². The molecule has 1 aromatic carbocycles. The molecule has 1 aliphatic rings. The molecule has 2 rings (SSSR count). The van der Waals surface area contributed by atoms with E-state index in [9.17, 15) is 28.1 Å². The number of fused-ring (bicyclic) bond motifs is 1.